The number of hydrogen-bond donors (Lipinski definition) is 0. The number of rotatable bonds is 2. The molecule has 0 amide bonds. The summed E-state index contributed by atoms with van der Waals surface area (Å²) in [5.41, 5.74) is 5.01. The minimum absolute atomic E-state index is 1.24. The smallest absolute Gasteiger partial charge is 0.00199 e. The van der Waals surface area contributed by atoms with E-state index in [1.54, 1.807) is 0 Å². The molecule has 0 heterocycles. The fourth-order valence-electron chi connectivity index (χ4n) is 5.48. The molecule has 0 fully saturated rings. The predicted molar refractivity (Wildman–Crippen MR) is 147 cm³/mol. The van der Waals surface area contributed by atoms with Crippen molar-refractivity contribution in [3.05, 3.63) is 133 Å². The lowest BCUT2D eigenvalue weighted by atomic mass is 9.87. The van der Waals surface area contributed by atoms with Gasteiger partial charge in [0.25, 0.3) is 0 Å². The van der Waals surface area contributed by atoms with Crippen LogP contribution in [0.2, 0.25) is 0 Å². The molecule has 0 N–H and O–H groups in total. The van der Waals surface area contributed by atoms with Crippen molar-refractivity contribution in [2.75, 3.05) is 0 Å². The van der Waals surface area contributed by atoms with Gasteiger partial charge in [0.2, 0.25) is 0 Å². The van der Waals surface area contributed by atoms with Gasteiger partial charge in [-0.25, -0.2) is 0 Å². The van der Waals surface area contributed by atoms with Crippen molar-refractivity contribution >= 4 is 43.1 Å². The van der Waals surface area contributed by atoms with Crippen LogP contribution in [0.1, 0.15) is 0 Å². The molecular formula is C34H22. The Hall–Kier alpha value is -4.42. The molecule has 0 aromatic heterocycles. The van der Waals surface area contributed by atoms with Gasteiger partial charge in [-0.3, -0.25) is 0 Å². The van der Waals surface area contributed by atoms with Crippen molar-refractivity contribution < 1.29 is 0 Å². The lowest BCUT2D eigenvalue weighted by Gasteiger charge is -2.16. The van der Waals surface area contributed by atoms with Gasteiger partial charge in [-0.2, -0.15) is 0 Å². The van der Waals surface area contributed by atoms with Crippen molar-refractivity contribution in [1.82, 2.24) is 0 Å². The topological polar surface area (TPSA) is 0 Å². The Morgan fingerprint density at radius 1 is 0.265 bits per heavy atom. The molecule has 0 heteroatoms. The van der Waals surface area contributed by atoms with Gasteiger partial charge in [0, 0.05) is 0 Å². The summed E-state index contributed by atoms with van der Waals surface area (Å²) < 4.78 is 0. The Balaban J connectivity index is 1.58. The van der Waals surface area contributed by atoms with Crippen LogP contribution in [0.15, 0.2) is 133 Å². The zero-order chi connectivity index (χ0) is 22.5. The SMILES string of the molecule is c1ccc(-c2ccc(-c3cc4c5ccccc5c5ccccc5c4c4ccccc34)cc2)cc1. The normalized spacial score (nSPS) is 11.5. The highest BCUT2D eigenvalue weighted by Gasteiger charge is 2.14. The van der Waals surface area contributed by atoms with Crippen LogP contribution in [0.4, 0.5) is 0 Å². The zero-order valence-corrected chi connectivity index (χ0v) is 18.7. The Morgan fingerprint density at radius 2 is 0.676 bits per heavy atom. The number of fused-ring (bicyclic) bond motifs is 8. The van der Waals surface area contributed by atoms with E-state index in [0.717, 1.165) is 0 Å². The molecule has 0 aliphatic heterocycles. The minimum Gasteiger partial charge on any atom is -0.0622 e. The molecule has 0 unspecified atom stereocenters. The molecule has 0 spiro atoms. The summed E-state index contributed by atoms with van der Waals surface area (Å²) in [6.45, 7) is 0. The highest BCUT2D eigenvalue weighted by atomic mass is 14.2. The van der Waals surface area contributed by atoms with Gasteiger partial charge < -0.3 is 0 Å². The zero-order valence-electron chi connectivity index (χ0n) is 18.7. The Morgan fingerprint density at radius 3 is 1.32 bits per heavy atom. The fourth-order valence-corrected chi connectivity index (χ4v) is 5.48. The fraction of sp³-hybridized carbons (Fsp3) is 0. The molecule has 0 radical (unpaired) electrons. The average Bonchev–Trinajstić information content (AvgIpc) is 2.93. The van der Waals surface area contributed by atoms with Gasteiger partial charge in [-0.15, -0.1) is 0 Å². The van der Waals surface area contributed by atoms with Crippen molar-refractivity contribution in [2.24, 2.45) is 0 Å². The van der Waals surface area contributed by atoms with E-state index >= 15 is 0 Å². The number of hydrogen-bond acceptors (Lipinski definition) is 0. The molecule has 0 saturated carbocycles. The lowest BCUT2D eigenvalue weighted by Crippen LogP contribution is -1.88. The van der Waals surface area contributed by atoms with E-state index in [0.29, 0.717) is 0 Å². The maximum absolute atomic E-state index is 2.41. The third-order valence-corrected chi connectivity index (χ3v) is 7.05. The van der Waals surface area contributed by atoms with Gasteiger partial charge in [0.05, 0.1) is 0 Å². The molecule has 0 nitrogen and oxygen atoms in total. The monoisotopic (exact) mass is 430 g/mol. The summed E-state index contributed by atoms with van der Waals surface area (Å²) >= 11 is 0. The molecule has 0 saturated heterocycles. The van der Waals surface area contributed by atoms with Crippen molar-refractivity contribution in [3.8, 4) is 22.3 Å². The minimum atomic E-state index is 1.24. The summed E-state index contributed by atoms with van der Waals surface area (Å²) in [6.07, 6.45) is 0. The molecule has 158 valence electrons. The quantitative estimate of drug-likeness (QED) is 0.239. The molecule has 7 rings (SSSR count). The molecule has 0 aliphatic rings. The van der Waals surface area contributed by atoms with Crippen LogP contribution in [0, 0.1) is 0 Å². The lowest BCUT2D eigenvalue weighted by molar-refractivity contribution is 1.61. The summed E-state index contributed by atoms with van der Waals surface area (Å²) in [4.78, 5) is 0. The van der Waals surface area contributed by atoms with Crippen molar-refractivity contribution in [1.29, 1.82) is 0 Å². The summed E-state index contributed by atoms with van der Waals surface area (Å²) in [6, 6.07) is 48.5. The van der Waals surface area contributed by atoms with Crippen molar-refractivity contribution in [3.63, 3.8) is 0 Å². The average molecular weight is 431 g/mol. The molecule has 7 aromatic carbocycles. The van der Waals surface area contributed by atoms with E-state index in [1.807, 2.05) is 0 Å². The predicted octanol–water partition coefficient (Wildman–Crippen LogP) is 9.63. The van der Waals surface area contributed by atoms with Crippen LogP contribution in [-0.2, 0) is 0 Å². The first-order chi connectivity index (χ1) is 16.9. The van der Waals surface area contributed by atoms with E-state index < -0.39 is 0 Å². The van der Waals surface area contributed by atoms with Crippen LogP contribution in [0.5, 0.6) is 0 Å². The second-order valence-electron chi connectivity index (χ2n) is 8.93. The first-order valence-electron chi connectivity index (χ1n) is 11.8. The second kappa shape index (κ2) is 7.57. The molecule has 0 aliphatic carbocycles. The van der Waals surface area contributed by atoms with Crippen LogP contribution in [0.25, 0.3) is 65.3 Å². The van der Waals surface area contributed by atoms with Crippen LogP contribution in [0.3, 0.4) is 0 Å². The Bertz CT molecular complexity index is 1820. The van der Waals surface area contributed by atoms with Gasteiger partial charge in [0.15, 0.2) is 0 Å². The van der Waals surface area contributed by atoms with Gasteiger partial charge >= 0.3 is 0 Å². The number of benzene rings is 7. The Labute approximate surface area is 198 Å². The second-order valence-corrected chi connectivity index (χ2v) is 8.93. The van der Waals surface area contributed by atoms with E-state index in [-0.39, 0.29) is 0 Å². The Kier molecular flexibility index (Phi) is 4.25. The largest absolute Gasteiger partial charge is 0.0622 e. The van der Waals surface area contributed by atoms with E-state index in [4.69, 9.17) is 0 Å². The molecule has 34 heavy (non-hydrogen) atoms. The maximum atomic E-state index is 2.41. The van der Waals surface area contributed by atoms with Gasteiger partial charge in [-0.05, 0) is 71.4 Å². The molecular weight excluding hydrogens is 408 g/mol. The van der Waals surface area contributed by atoms with Gasteiger partial charge in [0.1, 0.15) is 0 Å². The summed E-state index contributed by atoms with van der Waals surface area (Å²) in [5, 5.41) is 10.5. The van der Waals surface area contributed by atoms with Crippen LogP contribution < -0.4 is 0 Å². The summed E-state index contributed by atoms with van der Waals surface area (Å²) in [5.74, 6) is 0. The van der Waals surface area contributed by atoms with E-state index in [9.17, 15) is 0 Å². The van der Waals surface area contributed by atoms with Crippen LogP contribution in [-0.4, -0.2) is 0 Å². The third kappa shape index (κ3) is 2.86. The van der Waals surface area contributed by atoms with Crippen molar-refractivity contribution in [2.45, 2.75) is 0 Å². The van der Waals surface area contributed by atoms with E-state index in [2.05, 4.69) is 133 Å². The summed E-state index contributed by atoms with van der Waals surface area (Å²) in [7, 11) is 0. The van der Waals surface area contributed by atoms with Crippen LogP contribution >= 0.6 is 0 Å². The molecule has 7 aromatic rings. The first kappa shape index (κ1) is 19.1. The highest BCUT2D eigenvalue weighted by Crippen LogP contribution is 2.42. The van der Waals surface area contributed by atoms with Gasteiger partial charge in [-0.1, -0.05) is 127 Å². The standard InChI is InChI=1S/C34H22/c1-2-10-23(11-3-1)24-18-20-25(21-19-24)32-22-33-28-14-5-4-12-26(28)27-13-6-8-16-30(27)34(33)31-17-9-7-15-29(31)32/h1-22H. The third-order valence-electron chi connectivity index (χ3n) is 7.05. The van der Waals surface area contributed by atoms with E-state index in [1.165, 1.54) is 65.3 Å². The molecule has 0 atom stereocenters. The first-order valence-corrected chi connectivity index (χ1v) is 11.8. The highest BCUT2D eigenvalue weighted by molar-refractivity contribution is 6.32. The maximum Gasteiger partial charge on any atom is -0.00199 e. The molecule has 0 bridgehead atoms.